The molecule has 0 saturated heterocycles. The highest BCUT2D eigenvalue weighted by Gasteiger charge is 2.10. The van der Waals surface area contributed by atoms with Crippen molar-refractivity contribution in [2.45, 2.75) is 13.8 Å². The molecule has 28 heavy (non-hydrogen) atoms. The second-order valence-electron chi connectivity index (χ2n) is 6.26. The lowest BCUT2D eigenvalue weighted by Gasteiger charge is -2.13. The number of rotatable bonds is 7. The molecule has 0 aliphatic rings. The predicted octanol–water partition coefficient (Wildman–Crippen LogP) is 3.01. The summed E-state index contributed by atoms with van der Waals surface area (Å²) in [6.45, 7) is 4.92. The number of anilines is 1. The van der Waals surface area contributed by atoms with Crippen molar-refractivity contribution in [2.75, 3.05) is 25.5 Å². The summed E-state index contributed by atoms with van der Waals surface area (Å²) in [6.07, 6.45) is 3.46. The Morgan fingerprint density at radius 1 is 1.11 bits per heavy atom. The predicted molar refractivity (Wildman–Crippen MR) is 109 cm³/mol. The van der Waals surface area contributed by atoms with Gasteiger partial charge in [0.05, 0.1) is 7.11 Å². The van der Waals surface area contributed by atoms with Gasteiger partial charge in [-0.3, -0.25) is 9.78 Å². The van der Waals surface area contributed by atoms with Crippen LogP contribution in [0.3, 0.4) is 0 Å². The lowest BCUT2D eigenvalue weighted by atomic mass is 10.2. The molecule has 7 nitrogen and oxygen atoms in total. The number of nitrogens with zero attached hydrogens (tertiary/aromatic N) is 3. The maximum absolute atomic E-state index is 12.3. The Bertz CT molecular complexity index is 960. The highest BCUT2D eigenvalue weighted by Crippen LogP contribution is 2.20. The number of hydrogen-bond donors (Lipinski definition) is 2. The molecule has 0 saturated carbocycles. The van der Waals surface area contributed by atoms with Gasteiger partial charge in [-0.05, 0) is 44.2 Å². The van der Waals surface area contributed by atoms with Gasteiger partial charge >= 0.3 is 0 Å². The summed E-state index contributed by atoms with van der Waals surface area (Å²) in [6, 6.07) is 10.8. The Morgan fingerprint density at radius 3 is 2.71 bits per heavy atom. The quantitative estimate of drug-likeness (QED) is 0.615. The third-order valence-electron chi connectivity index (χ3n) is 4.34. The van der Waals surface area contributed by atoms with Gasteiger partial charge in [0.1, 0.15) is 11.6 Å². The van der Waals surface area contributed by atoms with Crippen molar-refractivity contribution in [3.63, 3.8) is 0 Å². The van der Waals surface area contributed by atoms with E-state index < -0.39 is 0 Å². The number of benzene rings is 1. The Hall–Kier alpha value is -3.48. The molecule has 3 rings (SSSR count). The molecule has 0 radical (unpaired) electrons. The molecule has 0 atom stereocenters. The van der Waals surface area contributed by atoms with E-state index in [-0.39, 0.29) is 5.91 Å². The van der Waals surface area contributed by atoms with Gasteiger partial charge in [0.25, 0.3) is 5.91 Å². The minimum Gasteiger partial charge on any atom is -0.497 e. The van der Waals surface area contributed by atoms with Gasteiger partial charge in [-0.15, -0.1) is 0 Å². The van der Waals surface area contributed by atoms with Gasteiger partial charge in [0.2, 0.25) is 0 Å². The van der Waals surface area contributed by atoms with Gasteiger partial charge in [0, 0.05) is 47.9 Å². The topological polar surface area (TPSA) is 89.0 Å². The number of pyridine rings is 1. The maximum atomic E-state index is 12.3. The first kappa shape index (κ1) is 19.3. The van der Waals surface area contributed by atoms with Crippen LogP contribution in [0.1, 0.15) is 21.6 Å². The number of methoxy groups -OCH3 is 1. The van der Waals surface area contributed by atoms with Crippen LogP contribution in [0.5, 0.6) is 5.75 Å². The minimum atomic E-state index is -0.146. The fraction of sp³-hybridized carbons (Fsp3) is 0.238. The van der Waals surface area contributed by atoms with Crippen LogP contribution >= 0.6 is 0 Å². The van der Waals surface area contributed by atoms with Gasteiger partial charge in [0.15, 0.2) is 5.82 Å². The van der Waals surface area contributed by atoms with Crippen LogP contribution in [-0.4, -0.2) is 41.1 Å². The summed E-state index contributed by atoms with van der Waals surface area (Å²) in [4.78, 5) is 25.5. The Kier molecular flexibility index (Phi) is 6.16. The molecule has 0 aliphatic carbocycles. The lowest BCUT2D eigenvalue weighted by molar-refractivity contribution is 0.0955. The molecular formula is C21H23N5O2. The fourth-order valence-electron chi connectivity index (χ4n) is 2.65. The zero-order chi connectivity index (χ0) is 19.9. The number of hydrogen-bond acceptors (Lipinski definition) is 6. The first-order valence-electron chi connectivity index (χ1n) is 9.00. The van der Waals surface area contributed by atoms with Crippen molar-refractivity contribution in [3.8, 4) is 17.1 Å². The molecule has 0 spiro atoms. The fourth-order valence-corrected chi connectivity index (χ4v) is 2.65. The van der Waals surface area contributed by atoms with E-state index in [1.54, 1.807) is 43.8 Å². The van der Waals surface area contributed by atoms with Crippen molar-refractivity contribution >= 4 is 11.7 Å². The molecule has 2 N–H and O–H groups in total. The zero-order valence-electron chi connectivity index (χ0n) is 16.2. The third kappa shape index (κ3) is 4.62. The number of nitrogens with one attached hydrogen (secondary N) is 2. The minimum absolute atomic E-state index is 0.146. The van der Waals surface area contributed by atoms with Crippen LogP contribution in [0.2, 0.25) is 0 Å². The van der Waals surface area contributed by atoms with Crippen molar-refractivity contribution in [1.29, 1.82) is 0 Å². The van der Waals surface area contributed by atoms with Crippen LogP contribution < -0.4 is 15.4 Å². The van der Waals surface area contributed by atoms with Crippen LogP contribution in [0.4, 0.5) is 5.82 Å². The molecule has 7 heteroatoms. The second-order valence-corrected chi connectivity index (χ2v) is 6.26. The molecule has 0 bridgehead atoms. The summed E-state index contributed by atoms with van der Waals surface area (Å²) in [5, 5.41) is 6.17. The van der Waals surface area contributed by atoms with Crippen molar-refractivity contribution in [3.05, 3.63) is 65.6 Å². The van der Waals surface area contributed by atoms with Crippen LogP contribution in [0.25, 0.3) is 11.4 Å². The van der Waals surface area contributed by atoms with Crippen LogP contribution in [0, 0.1) is 13.8 Å². The highest BCUT2D eigenvalue weighted by molar-refractivity contribution is 5.94. The molecule has 144 valence electrons. The average molecular weight is 377 g/mol. The van der Waals surface area contributed by atoms with E-state index >= 15 is 0 Å². The van der Waals surface area contributed by atoms with Crippen LogP contribution in [0.15, 0.2) is 48.8 Å². The van der Waals surface area contributed by atoms with E-state index in [0.717, 1.165) is 22.6 Å². The Labute approximate surface area is 164 Å². The van der Waals surface area contributed by atoms with Gasteiger partial charge in [-0.2, -0.15) is 0 Å². The normalized spacial score (nSPS) is 10.4. The number of aromatic nitrogens is 3. The molecule has 2 heterocycles. The van der Waals surface area contributed by atoms with Crippen LogP contribution in [-0.2, 0) is 0 Å². The van der Waals surface area contributed by atoms with E-state index in [0.29, 0.717) is 30.2 Å². The number of carbonyl (C=O) groups excluding carboxylic acids is 1. The number of carbonyl (C=O) groups is 1. The molecular weight excluding hydrogens is 354 g/mol. The van der Waals surface area contributed by atoms with E-state index in [1.807, 2.05) is 26.0 Å². The maximum Gasteiger partial charge on any atom is 0.251 e. The molecule has 2 aromatic heterocycles. The van der Waals surface area contributed by atoms with Crippen molar-refractivity contribution in [2.24, 2.45) is 0 Å². The summed E-state index contributed by atoms with van der Waals surface area (Å²) < 4.78 is 5.15. The summed E-state index contributed by atoms with van der Waals surface area (Å²) in [5.41, 5.74) is 3.30. The smallest absolute Gasteiger partial charge is 0.251 e. The molecule has 0 unspecified atom stereocenters. The lowest BCUT2D eigenvalue weighted by Crippen LogP contribution is -2.29. The number of amides is 1. The SMILES string of the molecule is COc1cccc(C(=O)NCCNc2nc(-c3cccnc3)nc(C)c2C)c1. The molecule has 1 aromatic carbocycles. The van der Waals surface area contributed by atoms with Gasteiger partial charge in [-0.1, -0.05) is 6.07 Å². The first-order valence-corrected chi connectivity index (χ1v) is 9.00. The van der Waals surface area contributed by atoms with E-state index in [1.165, 1.54) is 0 Å². The van der Waals surface area contributed by atoms with E-state index in [9.17, 15) is 4.79 Å². The molecule has 1 amide bonds. The number of ether oxygens (including phenoxy) is 1. The summed E-state index contributed by atoms with van der Waals surface area (Å²) in [7, 11) is 1.58. The number of aryl methyl sites for hydroxylation is 1. The Morgan fingerprint density at radius 2 is 1.96 bits per heavy atom. The summed E-state index contributed by atoms with van der Waals surface area (Å²) in [5.74, 6) is 1.88. The average Bonchev–Trinajstić information content (AvgIpc) is 2.74. The van der Waals surface area contributed by atoms with Gasteiger partial charge < -0.3 is 15.4 Å². The monoisotopic (exact) mass is 377 g/mol. The van der Waals surface area contributed by atoms with E-state index in [4.69, 9.17) is 4.74 Å². The molecule has 3 aromatic rings. The first-order chi connectivity index (χ1) is 13.6. The van der Waals surface area contributed by atoms with Crippen molar-refractivity contribution < 1.29 is 9.53 Å². The summed E-state index contributed by atoms with van der Waals surface area (Å²) >= 11 is 0. The zero-order valence-corrected chi connectivity index (χ0v) is 16.2. The largest absolute Gasteiger partial charge is 0.497 e. The third-order valence-corrected chi connectivity index (χ3v) is 4.34. The second kappa shape index (κ2) is 8.94. The highest BCUT2D eigenvalue weighted by atomic mass is 16.5. The van der Waals surface area contributed by atoms with E-state index in [2.05, 4.69) is 25.6 Å². The molecule has 0 aliphatic heterocycles. The van der Waals surface area contributed by atoms with Gasteiger partial charge in [-0.25, -0.2) is 9.97 Å². The standard InChI is InChI=1S/C21H23N5O2/c1-14-15(2)25-20(17-7-5-9-22-13-17)26-19(14)23-10-11-24-21(27)16-6-4-8-18(12-16)28-3/h4-9,12-13H,10-11H2,1-3H3,(H,24,27)(H,23,25,26). The van der Waals surface area contributed by atoms with Crippen molar-refractivity contribution in [1.82, 2.24) is 20.3 Å². The Balaban J connectivity index is 1.61. The molecule has 0 fully saturated rings.